The third-order valence-electron chi connectivity index (χ3n) is 1.87. The molecule has 0 spiro atoms. The minimum atomic E-state index is -0.281. The zero-order chi connectivity index (χ0) is 8.27. The zero-order valence-corrected chi connectivity index (χ0v) is 6.79. The van der Waals surface area contributed by atoms with Gasteiger partial charge in [-0.25, -0.2) is 9.78 Å². The molecule has 60 valence electrons. The van der Waals surface area contributed by atoms with Crippen molar-refractivity contribution in [1.82, 2.24) is 9.97 Å². The van der Waals surface area contributed by atoms with Crippen LogP contribution in [0.15, 0.2) is 17.2 Å². The van der Waals surface area contributed by atoms with E-state index in [9.17, 15) is 4.79 Å². The molecule has 1 aromatic rings. The Balaban J connectivity index is 2.89. The Kier molecular flexibility index (Phi) is 2.41. The molecule has 11 heavy (non-hydrogen) atoms. The van der Waals surface area contributed by atoms with Gasteiger partial charge in [-0.15, -0.1) is 0 Å². The van der Waals surface area contributed by atoms with Gasteiger partial charge in [-0.1, -0.05) is 13.8 Å². The van der Waals surface area contributed by atoms with Gasteiger partial charge in [0.15, 0.2) is 0 Å². The molecule has 0 saturated carbocycles. The maximum atomic E-state index is 10.6. The number of nitrogens with one attached hydrogen (secondary N) is 1. The molecule has 0 amide bonds. The van der Waals surface area contributed by atoms with Crippen molar-refractivity contribution in [3.8, 4) is 0 Å². The highest BCUT2D eigenvalue weighted by molar-refractivity contribution is 5.08. The number of H-pyrrole nitrogens is 1. The lowest BCUT2D eigenvalue weighted by molar-refractivity contribution is 0.721. The minimum absolute atomic E-state index is 0.281. The molecule has 1 aromatic heterocycles. The molecule has 0 fully saturated rings. The van der Waals surface area contributed by atoms with Crippen LogP contribution in [0.5, 0.6) is 0 Å². The molecule has 1 atom stereocenters. The fourth-order valence-corrected chi connectivity index (χ4v) is 0.858. The number of aromatic amines is 1. The maximum absolute atomic E-state index is 10.6. The Hall–Kier alpha value is -1.12. The highest BCUT2D eigenvalue weighted by Crippen LogP contribution is 2.14. The molecule has 1 rings (SSSR count). The summed E-state index contributed by atoms with van der Waals surface area (Å²) in [4.78, 5) is 16.8. The Morgan fingerprint density at radius 2 is 2.45 bits per heavy atom. The van der Waals surface area contributed by atoms with Crippen molar-refractivity contribution in [3.63, 3.8) is 0 Å². The van der Waals surface area contributed by atoms with Gasteiger partial charge < -0.3 is 4.98 Å². The smallest absolute Gasteiger partial charge is 0.312 e. The van der Waals surface area contributed by atoms with Crippen molar-refractivity contribution in [2.24, 2.45) is 0 Å². The van der Waals surface area contributed by atoms with Crippen LogP contribution < -0.4 is 5.69 Å². The van der Waals surface area contributed by atoms with Crippen LogP contribution in [-0.4, -0.2) is 9.97 Å². The van der Waals surface area contributed by atoms with Gasteiger partial charge in [-0.3, -0.25) is 0 Å². The summed E-state index contributed by atoms with van der Waals surface area (Å²) in [7, 11) is 0. The maximum Gasteiger partial charge on any atom is 0.344 e. The molecular weight excluding hydrogens is 140 g/mol. The van der Waals surface area contributed by atoms with Crippen LogP contribution in [0.25, 0.3) is 0 Å². The van der Waals surface area contributed by atoms with E-state index in [2.05, 4.69) is 23.8 Å². The van der Waals surface area contributed by atoms with E-state index in [4.69, 9.17) is 0 Å². The van der Waals surface area contributed by atoms with Crippen LogP contribution in [0.1, 0.15) is 31.7 Å². The van der Waals surface area contributed by atoms with E-state index < -0.39 is 0 Å². The molecule has 0 aliphatic carbocycles. The van der Waals surface area contributed by atoms with E-state index in [1.54, 1.807) is 12.4 Å². The normalized spacial score (nSPS) is 12.9. The Morgan fingerprint density at radius 1 is 1.73 bits per heavy atom. The molecule has 0 aliphatic rings. The molecule has 3 heteroatoms. The molecule has 0 saturated heterocycles. The minimum Gasteiger partial charge on any atom is -0.312 e. The van der Waals surface area contributed by atoms with Gasteiger partial charge in [0.1, 0.15) is 0 Å². The van der Waals surface area contributed by atoms with Crippen molar-refractivity contribution in [1.29, 1.82) is 0 Å². The van der Waals surface area contributed by atoms with E-state index in [0.717, 1.165) is 12.0 Å². The molecule has 0 bridgehead atoms. The largest absolute Gasteiger partial charge is 0.344 e. The van der Waals surface area contributed by atoms with Crippen LogP contribution in [0.4, 0.5) is 0 Å². The number of aromatic nitrogens is 2. The highest BCUT2D eigenvalue weighted by Gasteiger charge is 2.01. The van der Waals surface area contributed by atoms with Crippen LogP contribution in [0, 0.1) is 0 Å². The van der Waals surface area contributed by atoms with E-state index in [-0.39, 0.29) is 5.69 Å². The lowest BCUT2D eigenvalue weighted by Gasteiger charge is -2.05. The van der Waals surface area contributed by atoms with Gasteiger partial charge in [0.05, 0.1) is 0 Å². The van der Waals surface area contributed by atoms with E-state index in [1.165, 1.54) is 0 Å². The summed E-state index contributed by atoms with van der Waals surface area (Å²) < 4.78 is 0. The van der Waals surface area contributed by atoms with E-state index in [1.807, 2.05) is 0 Å². The van der Waals surface area contributed by atoms with Crippen molar-refractivity contribution < 1.29 is 0 Å². The zero-order valence-electron chi connectivity index (χ0n) is 6.79. The SMILES string of the molecule is CC[C@H](C)c1cnc(=O)[nH]c1. The predicted octanol–water partition coefficient (Wildman–Crippen LogP) is 1.28. The van der Waals surface area contributed by atoms with Gasteiger partial charge in [0.2, 0.25) is 0 Å². The number of hydrogen-bond donors (Lipinski definition) is 1. The van der Waals surface area contributed by atoms with Crippen molar-refractivity contribution in [3.05, 3.63) is 28.4 Å². The monoisotopic (exact) mass is 152 g/mol. The standard InChI is InChI=1S/C8H12N2O/c1-3-6(2)7-4-9-8(11)10-5-7/h4-6H,3H2,1-2H3,(H,9,10,11)/t6-/m0/s1. The first-order chi connectivity index (χ1) is 5.24. The second-order valence-electron chi connectivity index (χ2n) is 2.66. The summed E-state index contributed by atoms with van der Waals surface area (Å²) in [6.07, 6.45) is 4.42. The molecule has 0 radical (unpaired) electrons. The first kappa shape index (κ1) is 7.98. The van der Waals surface area contributed by atoms with Crippen LogP contribution in [0.2, 0.25) is 0 Å². The molecule has 1 heterocycles. The van der Waals surface area contributed by atoms with Gasteiger partial charge >= 0.3 is 5.69 Å². The lowest BCUT2D eigenvalue weighted by atomic mass is 10.0. The Bertz CT molecular complexity index is 259. The first-order valence-electron chi connectivity index (χ1n) is 3.78. The quantitative estimate of drug-likeness (QED) is 0.693. The molecule has 0 aromatic carbocycles. The number of rotatable bonds is 2. The van der Waals surface area contributed by atoms with Crippen molar-refractivity contribution in [2.75, 3.05) is 0 Å². The lowest BCUT2D eigenvalue weighted by Crippen LogP contribution is -2.09. The molecule has 1 N–H and O–H groups in total. The summed E-state index contributed by atoms with van der Waals surface area (Å²) in [6, 6.07) is 0. The van der Waals surface area contributed by atoms with Gasteiger partial charge in [0, 0.05) is 12.4 Å². The van der Waals surface area contributed by atoms with Crippen molar-refractivity contribution >= 4 is 0 Å². The molecule has 0 unspecified atom stereocenters. The predicted molar refractivity (Wildman–Crippen MR) is 43.6 cm³/mol. The summed E-state index contributed by atoms with van der Waals surface area (Å²) in [5.41, 5.74) is 0.809. The van der Waals surface area contributed by atoms with Crippen LogP contribution in [-0.2, 0) is 0 Å². The third kappa shape index (κ3) is 1.90. The second-order valence-corrected chi connectivity index (χ2v) is 2.66. The average Bonchev–Trinajstić information content (AvgIpc) is 2.05. The molecular formula is C8H12N2O. The Morgan fingerprint density at radius 3 is 2.91 bits per heavy atom. The first-order valence-corrected chi connectivity index (χ1v) is 3.78. The number of nitrogens with zero attached hydrogens (tertiary/aromatic N) is 1. The van der Waals surface area contributed by atoms with Crippen LogP contribution in [0.3, 0.4) is 0 Å². The summed E-state index contributed by atoms with van der Waals surface area (Å²) in [6.45, 7) is 4.21. The average molecular weight is 152 g/mol. The van der Waals surface area contributed by atoms with E-state index >= 15 is 0 Å². The van der Waals surface area contributed by atoms with E-state index in [0.29, 0.717) is 5.92 Å². The third-order valence-corrected chi connectivity index (χ3v) is 1.87. The highest BCUT2D eigenvalue weighted by atomic mass is 16.1. The van der Waals surface area contributed by atoms with Crippen molar-refractivity contribution in [2.45, 2.75) is 26.2 Å². The second kappa shape index (κ2) is 3.32. The fourth-order valence-electron chi connectivity index (χ4n) is 0.858. The van der Waals surface area contributed by atoms with Gasteiger partial charge in [-0.05, 0) is 17.9 Å². The Labute approximate surface area is 65.5 Å². The fraction of sp³-hybridized carbons (Fsp3) is 0.500. The number of hydrogen-bond acceptors (Lipinski definition) is 2. The molecule has 3 nitrogen and oxygen atoms in total. The summed E-state index contributed by atoms with van der Waals surface area (Å²) >= 11 is 0. The van der Waals surface area contributed by atoms with Crippen LogP contribution >= 0.6 is 0 Å². The van der Waals surface area contributed by atoms with Gasteiger partial charge in [-0.2, -0.15) is 0 Å². The topological polar surface area (TPSA) is 45.8 Å². The van der Waals surface area contributed by atoms with Gasteiger partial charge in [0.25, 0.3) is 0 Å². The summed E-state index contributed by atoms with van der Waals surface area (Å²) in [5, 5.41) is 0. The molecule has 0 aliphatic heterocycles. The summed E-state index contributed by atoms with van der Waals surface area (Å²) in [5.74, 6) is 0.472.